The molecular weight excluding hydrogens is 282 g/mol. The van der Waals surface area contributed by atoms with Crippen molar-refractivity contribution < 1.29 is 14.3 Å². The monoisotopic (exact) mass is 301 g/mol. The van der Waals surface area contributed by atoms with Crippen molar-refractivity contribution >= 4 is 5.91 Å². The molecule has 2 heterocycles. The maximum absolute atomic E-state index is 12.7. The minimum absolute atomic E-state index is 0.0350. The Kier molecular flexibility index (Phi) is 4.11. The average Bonchev–Trinajstić information content (AvgIpc) is 3.00. The van der Waals surface area contributed by atoms with Crippen molar-refractivity contribution in [3.63, 3.8) is 0 Å². The van der Waals surface area contributed by atoms with Crippen LogP contribution in [0.15, 0.2) is 36.5 Å². The van der Waals surface area contributed by atoms with Gasteiger partial charge in [0.05, 0.1) is 38.2 Å². The SMILES string of the molecule is COc1cn(-c2ccccc2)nc1C(=O)N1CCOC[C@H]1C. The summed E-state index contributed by atoms with van der Waals surface area (Å²) < 4.78 is 12.4. The third-order valence-electron chi connectivity index (χ3n) is 3.75. The van der Waals surface area contributed by atoms with Gasteiger partial charge < -0.3 is 14.4 Å². The summed E-state index contributed by atoms with van der Waals surface area (Å²) in [6.07, 6.45) is 1.73. The number of morpholine rings is 1. The summed E-state index contributed by atoms with van der Waals surface area (Å²) in [6.45, 7) is 3.64. The van der Waals surface area contributed by atoms with Crippen molar-refractivity contribution in [2.75, 3.05) is 26.9 Å². The number of nitrogens with zero attached hydrogens (tertiary/aromatic N) is 3. The Hall–Kier alpha value is -2.34. The number of para-hydroxylation sites is 1. The van der Waals surface area contributed by atoms with Gasteiger partial charge in [-0.25, -0.2) is 4.68 Å². The minimum atomic E-state index is -0.123. The van der Waals surface area contributed by atoms with Crippen molar-refractivity contribution in [1.29, 1.82) is 0 Å². The van der Waals surface area contributed by atoms with Crippen molar-refractivity contribution in [1.82, 2.24) is 14.7 Å². The van der Waals surface area contributed by atoms with Crippen molar-refractivity contribution in [3.8, 4) is 11.4 Å². The molecule has 0 saturated carbocycles. The van der Waals surface area contributed by atoms with Gasteiger partial charge in [-0.3, -0.25) is 4.79 Å². The molecule has 0 unspecified atom stereocenters. The molecule has 0 N–H and O–H groups in total. The number of ether oxygens (including phenoxy) is 2. The standard InChI is InChI=1S/C16H19N3O3/c1-12-11-22-9-8-18(12)16(20)15-14(21-2)10-19(17-15)13-6-4-3-5-7-13/h3-7,10,12H,8-9,11H2,1-2H3/t12-/m1/s1. The number of amides is 1. The van der Waals surface area contributed by atoms with Gasteiger partial charge in [-0.1, -0.05) is 18.2 Å². The Morgan fingerprint density at radius 3 is 2.82 bits per heavy atom. The van der Waals surface area contributed by atoms with E-state index in [2.05, 4.69) is 5.10 Å². The van der Waals surface area contributed by atoms with Crippen LogP contribution in [-0.4, -0.2) is 53.5 Å². The molecule has 0 spiro atoms. The van der Waals surface area contributed by atoms with Crippen LogP contribution in [-0.2, 0) is 4.74 Å². The first-order valence-electron chi connectivity index (χ1n) is 7.28. The molecule has 1 aromatic carbocycles. The van der Waals surface area contributed by atoms with E-state index in [1.165, 1.54) is 0 Å². The molecule has 1 aromatic heterocycles. The summed E-state index contributed by atoms with van der Waals surface area (Å²) in [5.74, 6) is 0.356. The highest BCUT2D eigenvalue weighted by Crippen LogP contribution is 2.22. The summed E-state index contributed by atoms with van der Waals surface area (Å²) >= 11 is 0. The highest BCUT2D eigenvalue weighted by molar-refractivity contribution is 5.95. The van der Waals surface area contributed by atoms with E-state index in [9.17, 15) is 4.79 Å². The Bertz CT molecular complexity index is 654. The highest BCUT2D eigenvalue weighted by Gasteiger charge is 2.29. The molecule has 0 aliphatic carbocycles. The van der Waals surface area contributed by atoms with Crippen LogP contribution in [0, 0.1) is 0 Å². The van der Waals surface area contributed by atoms with Gasteiger partial charge in [0.15, 0.2) is 11.4 Å². The second-order valence-corrected chi connectivity index (χ2v) is 5.25. The smallest absolute Gasteiger partial charge is 0.278 e. The van der Waals surface area contributed by atoms with E-state index >= 15 is 0 Å². The number of carbonyl (C=O) groups is 1. The molecule has 3 rings (SSSR count). The molecule has 6 nitrogen and oxygen atoms in total. The number of hydrogen-bond donors (Lipinski definition) is 0. The first-order valence-corrected chi connectivity index (χ1v) is 7.28. The maximum atomic E-state index is 12.7. The third kappa shape index (κ3) is 2.69. The zero-order chi connectivity index (χ0) is 15.5. The lowest BCUT2D eigenvalue weighted by molar-refractivity contribution is 0.00310. The second kappa shape index (κ2) is 6.19. The van der Waals surface area contributed by atoms with E-state index in [1.54, 1.807) is 22.9 Å². The van der Waals surface area contributed by atoms with E-state index < -0.39 is 0 Å². The molecule has 0 bridgehead atoms. The predicted octanol–water partition coefficient (Wildman–Crippen LogP) is 1.74. The normalized spacial score (nSPS) is 18.3. The van der Waals surface area contributed by atoms with E-state index in [1.807, 2.05) is 37.3 Å². The molecule has 1 aliphatic rings. The number of benzene rings is 1. The predicted molar refractivity (Wildman–Crippen MR) is 81.4 cm³/mol. The van der Waals surface area contributed by atoms with Crippen LogP contribution in [0.3, 0.4) is 0 Å². The lowest BCUT2D eigenvalue weighted by Crippen LogP contribution is -2.47. The molecule has 116 valence electrons. The Balaban J connectivity index is 1.93. The molecule has 6 heteroatoms. The van der Waals surface area contributed by atoms with Crippen LogP contribution in [0.2, 0.25) is 0 Å². The van der Waals surface area contributed by atoms with Gasteiger partial charge in [-0.2, -0.15) is 5.10 Å². The number of hydrogen-bond acceptors (Lipinski definition) is 4. The van der Waals surface area contributed by atoms with Gasteiger partial charge in [0.2, 0.25) is 0 Å². The number of aromatic nitrogens is 2. The molecule has 0 radical (unpaired) electrons. The van der Waals surface area contributed by atoms with Gasteiger partial charge in [0.1, 0.15) is 0 Å². The fourth-order valence-corrected chi connectivity index (χ4v) is 2.53. The molecule has 22 heavy (non-hydrogen) atoms. The van der Waals surface area contributed by atoms with Gasteiger partial charge in [0.25, 0.3) is 5.91 Å². The molecule has 1 aliphatic heterocycles. The van der Waals surface area contributed by atoms with E-state index in [4.69, 9.17) is 9.47 Å². The number of rotatable bonds is 3. The van der Waals surface area contributed by atoms with Gasteiger partial charge in [-0.15, -0.1) is 0 Å². The Labute approximate surface area is 129 Å². The first-order chi connectivity index (χ1) is 10.7. The number of methoxy groups -OCH3 is 1. The largest absolute Gasteiger partial charge is 0.493 e. The second-order valence-electron chi connectivity index (χ2n) is 5.25. The fraction of sp³-hybridized carbons (Fsp3) is 0.375. The van der Waals surface area contributed by atoms with Gasteiger partial charge in [-0.05, 0) is 19.1 Å². The quantitative estimate of drug-likeness (QED) is 0.866. The topological polar surface area (TPSA) is 56.6 Å². The summed E-state index contributed by atoms with van der Waals surface area (Å²) in [6, 6.07) is 9.68. The summed E-state index contributed by atoms with van der Waals surface area (Å²) in [5.41, 5.74) is 1.22. The third-order valence-corrected chi connectivity index (χ3v) is 3.75. The van der Waals surface area contributed by atoms with E-state index in [0.29, 0.717) is 31.2 Å². The maximum Gasteiger partial charge on any atom is 0.278 e. The summed E-state index contributed by atoms with van der Waals surface area (Å²) in [5, 5.41) is 4.42. The molecule has 2 aromatic rings. The molecular formula is C16H19N3O3. The fourth-order valence-electron chi connectivity index (χ4n) is 2.53. The van der Waals surface area contributed by atoms with Crippen LogP contribution in [0.4, 0.5) is 0 Å². The van der Waals surface area contributed by atoms with Crippen molar-refractivity contribution in [2.24, 2.45) is 0 Å². The Morgan fingerprint density at radius 1 is 1.36 bits per heavy atom. The lowest BCUT2D eigenvalue weighted by Gasteiger charge is -2.32. The molecule has 1 fully saturated rings. The minimum Gasteiger partial charge on any atom is -0.493 e. The van der Waals surface area contributed by atoms with Gasteiger partial charge >= 0.3 is 0 Å². The highest BCUT2D eigenvalue weighted by atomic mass is 16.5. The van der Waals surface area contributed by atoms with Crippen LogP contribution in [0.5, 0.6) is 5.75 Å². The number of carbonyl (C=O) groups excluding carboxylic acids is 1. The molecule has 1 amide bonds. The average molecular weight is 301 g/mol. The van der Waals surface area contributed by atoms with Crippen LogP contribution in [0.25, 0.3) is 5.69 Å². The van der Waals surface area contributed by atoms with Crippen molar-refractivity contribution in [3.05, 3.63) is 42.2 Å². The summed E-state index contributed by atoms with van der Waals surface area (Å²) in [7, 11) is 1.55. The first kappa shape index (κ1) is 14.6. The van der Waals surface area contributed by atoms with E-state index in [0.717, 1.165) is 5.69 Å². The summed E-state index contributed by atoms with van der Waals surface area (Å²) in [4.78, 5) is 14.5. The van der Waals surface area contributed by atoms with Crippen LogP contribution in [0.1, 0.15) is 17.4 Å². The van der Waals surface area contributed by atoms with Crippen LogP contribution < -0.4 is 4.74 Å². The molecule has 1 saturated heterocycles. The Morgan fingerprint density at radius 2 is 2.14 bits per heavy atom. The molecule has 1 atom stereocenters. The van der Waals surface area contributed by atoms with Crippen LogP contribution >= 0.6 is 0 Å². The zero-order valence-corrected chi connectivity index (χ0v) is 12.7. The van der Waals surface area contributed by atoms with Crippen molar-refractivity contribution in [2.45, 2.75) is 13.0 Å². The van der Waals surface area contributed by atoms with Gasteiger partial charge in [0, 0.05) is 6.54 Å². The van der Waals surface area contributed by atoms with E-state index in [-0.39, 0.29) is 11.9 Å². The lowest BCUT2D eigenvalue weighted by atomic mass is 10.2. The zero-order valence-electron chi connectivity index (χ0n) is 12.7.